The highest BCUT2D eigenvalue weighted by molar-refractivity contribution is 9.13. The summed E-state index contributed by atoms with van der Waals surface area (Å²) >= 11 is 7.80. The van der Waals surface area contributed by atoms with E-state index in [0.717, 1.165) is 14.3 Å². The topological polar surface area (TPSA) is 86.6 Å². The van der Waals surface area contributed by atoms with Gasteiger partial charge in [-0.3, -0.25) is 4.79 Å². The summed E-state index contributed by atoms with van der Waals surface area (Å²) < 4.78 is 1.55. The van der Waals surface area contributed by atoms with Crippen molar-refractivity contribution in [1.82, 2.24) is 0 Å². The molecule has 0 aliphatic heterocycles. The highest BCUT2D eigenvalue weighted by Gasteiger charge is 2.14. The molecule has 0 fully saturated rings. The van der Waals surface area contributed by atoms with E-state index in [4.69, 9.17) is 5.11 Å². The fraction of sp³-hybridized carbons (Fsp3) is 0. The molecular formula is C12H7Br2NO4S. The van der Waals surface area contributed by atoms with E-state index < -0.39 is 5.97 Å². The molecule has 104 valence electrons. The highest BCUT2D eigenvalue weighted by atomic mass is 79.9. The molecule has 1 aromatic heterocycles. The van der Waals surface area contributed by atoms with Gasteiger partial charge in [-0.15, -0.1) is 11.3 Å². The maximum Gasteiger partial charge on any atom is 0.335 e. The molecule has 2 rings (SSSR count). The number of nitrogens with one attached hydrogen (secondary N) is 1. The number of halogens is 2. The number of rotatable bonds is 3. The van der Waals surface area contributed by atoms with Crippen LogP contribution in [0.5, 0.6) is 5.75 Å². The first-order valence-electron chi connectivity index (χ1n) is 5.21. The van der Waals surface area contributed by atoms with Crippen molar-refractivity contribution in [3.05, 3.63) is 43.0 Å². The van der Waals surface area contributed by atoms with E-state index >= 15 is 0 Å². The Morgan fingerprint density at radius 2 is 1.90 bits per heavy atom. The Kier molecular flexibility index (Phi) is 4.46. The fourth-order valence-corrected chi connectivity index (χ4v) is 3.34. The van der Waals surface area contributed by atoms with Crippen LogP contribution in [0.15, 0.2) is 32.5 Å². The first-order chi connectivity index (χ1) is 9.38. The van der Waals surface area contributed by atoms with Crippen LogP contribution in [0.3, 0.4) is 0 Å². The van der Waals surface area contributed by atoms with E-state index in [9.17, 15) is 14.7 Å². The molecule has 1 amide bonds. The van der Waals surface area contributed by atoms with Crippen molar-refractivity contribution in [2.24, 2.45) is 0 Å². The van der Waals surface area contributed by atoms with Crippen LogP contribution >= 0.6 is 43.2 Å². The summed E-state index contributed by atoms with van der Waals surface area (Å²) in [7, 11) is 0. The minimum Gasteiger partial charge on any atom is -0.506 e. The second kappa shape index (κ2) is 5.94. The van der Waals surface area contributed by atoms with Crippen LogP contribution in [-0.2, 0) is 0 Å². The number of thiophene rings is 1. The van der Waals surface area contributed by atoms with Crippen LogP contribution in [0.1, 0.15) is 20.0 Å². The van der Waals surface area contributed by atoms with Crippen LogP contribution in [0.2, 0.25) is 0 Å². The van der Waals surface area contributed by atoms with Gasteiger partial charge in [0.1, 0.15) is 5.75 Å². The number of anilines is 1. The number of carboxylic acid groups (broad SMARTS) is 1. The zero-order valence-corrected chi connectivity index (χ0v) is 13.7. The molecule has 5 nitrogen and oxygen atoms in total. The molecule has 0 bridgehead atoms. The summed E-state index contributed by atoms with van der Waals surface area (Å²) in [5, 5.41) is 21.0. The Hall–Kier alpha value is -1.38. The van der Waals surface area contributed by atoms with E-state index in [1.165, 1.54) is 23.5 Å². The molecule has 1 heterocycles. The van der Waals surface area contributed by atoms with Gasteiger partial charge >= 0.3 is 5.97 Å². The second-order valence-electron chi connectivity index (χ2n) is 3.72. The van der Waals surface area contributed by atoms with Gasteiger partial charge < -0.3 is 15.5 Å². The van der Waals surface area contributed by atoms with Crippen LogP contribution < -0.4 is 5.32 Å². The number of hydrogen-bond donors (Lipinski definition) is 3. The highest BCUT2D eigenvalue weighted by Crippen LogP contribution is 2.33. The van der Waals surface area contributed by atoms with E-state index in [1.807, 2.05) is 0 Å². The largest absolute Gasteiger partial charge is 0.506 e. The van der Waals surface area contributed by atoms with Crippen molar-refractivity contribution in [2.45, 2.75) is 0 Å². The fourth-order valence-electron chi connectivity index (χ4n) is 1.41. The molecule has 0 unspecified atom stereocenters. The van der Waals surface area contributed by atoms with Gasteiger partial charge in [-0.25, -0.2) is 4.79 Å². The third-order valence-electron chi connectivity index (χ3n) is 2.36. The lowest BCUT2D eigenvalue weighted by atomic mass is 10.2. The Bertz CT molecular complexity index is 679. The minimum absolute atomic E-state index is 0.0536. The van der Waals surface area contributed by atoms with Gasteiger partial charge in [-0.05, 0) is 56.1 Å². The zero-order valence-electron chi connectivity index (χ0n) is 9.68. The molecule has 0 saturated heterocycles. The number of carboxylic acids is 1. The van der Waals surface area contributed by atoms with E-state index in [1.54, 1.807) is 6.07 Å². The summed E-state index contributed by atoms with van der Waals surface area (Å²) in [6.07, 6.45) is 0. The van der Waals surface area contributed by atoms with Gasteiger partial charge in [-0.1, -0.05) is 0 Å². The number of carbonyl (C=O) groups excluding carboxylic acids is 1. The molecule has 0 atom stereocenters. The lowest BCUT2D eigenvalue weighted by molar-refractivity contribution is 0.0696. The average Bonchev–Trinajstić information content (AvgIpc) is 2.72. The van der Waals surface area contributed by atoms with Crippen molar-refractivity contribution < 1.29 is 19.8 Å². The van der Waals surface area contributed by atoms with Gasteiger partial charge in [-0.2, -0.15) is 0 Å². The van der Waals surface area contributed by atoms with Gasteiger partial charge in [0.25, 0.3) is 5.91 Å². The first-order valence-corrected chi connectivity index (χ1v) is 7.61. The minimum atomic E-state index is -1.15. The molecular weight excluding hydrogens is 414 g/mol. The summed E-state index contributed by atoms with van der Waals surface area (Å²) in [6.45, 7) is 0. The molecule has 3 N–H and O–H groups in total. The molecule has 0 radical (unpaired) electrons. The van der Waals surface area contributed by atoms with Crippen molar-refractivity contribution in [3.63, 3.8) is 0 Å². The monoisotopic (exact) mass is 419 g/mol. The second-order valence-corrected chi connectivity index (χ2v) is 6.95. The Labute approximate surface area is 134 Å². The summed E-state index contributed by atoms with van der Waals surface area (Å²) in [5.41, 5.74) is 0.0998. The quantitative estimate of drug-likeness (QED) is 0.656. The lowest BCUT2D eigenvalue weighted by Gasteiger charge is -2.06. The molecule has 8 heteroatoms. The van der Waals surface area contributed by atoms with Crippen molar-refractivity contribution in [2.75, 3.05) is 5.32 Å². The Morgan fingerprint density at radius 1 is 1.20 bits per heavy atom. The van der Waals surface area contributed by atoms with Gasteiger partial charge in [0.2, 0.25) is 0 Å². The predicted molar refractivity (Wildman–Crippen MR) is 82.7 cm³/mol. The Morgan fingerprint density at radius 3 is 2.40 bits per heavy atom. The number of hydrogen-bond acceptors (Lipinski definition) is 4. The number of phenols is 1. The van der Waals surface area contributed by atoms with Crippen LogP contribution in [0, 0.1) is 0 Å². The Balaban J connectivity index is 2.21. The number of benzene rings is 1. The number of phenolic OH excluding ortho intramolecular Hbond substituents is 1. The van der Waals surface area contributed by atoms with Crippen molar-refractivity contribution in [3.8, 4) is 5.75 Å². The van der Waals surface area contributed by atoms with E-state index in [-0.39, 0.29) is 22.9 Å². The van der Waals surface area contributed by atoms with E-state index in [2.05, 4.69) is 37.2 Å². The standard InChI is InChI=1S/C12H7Br2NO4S/c13-6-4-9(20-10(6)14)11(17)15-7-2-1-5(12(18)19)3-8(7)16/h1-4,16H,(H,15,17)(H,18,19). The summed E-state index contributed by atoms with van der Waals surface area (Å²) in [6, 6.07) is 5.37. The van der Waals surface area contributed by atoms with Crippen LogP contribution in [-0.4, -0.2) is 22.1 Å². The maximum absolute atomic E-state index is 12.0. The third kappa shape index (κ3) is 3.20. The van der Waals surface area contributed by atoms with E-state index in [0.29, 0.717) is 4.88 Å². The first kappa shape index (κ1) is 15.0. The van der Waals surface area contributed by atoms with Crippen molar-refractivity contribution >= 4 is 60.8 Å². The average molecular weight is 421 g/mol. The molecule has 0 aliphatic carbocycles. The molecule has 0 saturated carbocycles. The molecule has 2 aromatic rings. The SMILES string of the molecule is O=C(O)c1ccc(NC(=O)c2cc(Br)c(Br)s2)c(O)c1. The van der Waals surface area contributed by atoms with Gasteiger partial charge in [0.15, 0.2) is 0 Å². The zero-order chi connectivity index (χ0) is 14.9. The number of amides is 1. The molecule has 1 aromatic carbocycles. The number of aromatic hydroxyl groups is 1. The molecule has 0 aliphatic rings. The summed E-state index contributed by atoms with van der Waals surface area (Å²) in [4.78, 5) is 23.2. The van der Waals surface area contributed by atoms with Gasteiger partial charge in [0.05, 0.1) is 19.9 Å². The normalized spacial score (nSPS) is 10.3. The molecule has 20 heavy (non-hydrogen) atoms. The van der Waals surface area contributed by atoms with Crippen molar-refractivity contribution in [1.29, 1.82) is 0 Å². The third-order valence-corrected chi connectivity index (χ3v) is 5.62. The number of aromatic carboxylic acids is 1. The van der Waals surface area contributed by atoms with Crippen LogP contribution in [0.25, 0.3) is 0 Å². The number of carbonyl (C=O) groups is 2. The van der Waals surface area contributed by atoms with Gasteiger partial charge in [0, 0.05) is 4.47 Å². The van der Waals surface area contributed by atoms with Crippen LogP contribution in [0.4, 0.5) is 5.69 Å². The predicted octanol–water partition coefficient (Wildman–Crippen LogP) is 3.93. The summed E-state index contributed by atoms with van der Waals surface area (Å²) in [5.74, 6) is -1.84. The molecule has 0 spiro atoms. The smallest absolute Gasteiger partial charge is 0.335 e. The lowest BCUT2D eigenvalue weighted by Crippen LogP contribution is -2.10. The maximum atomic E-state index is 12.0.